The molecular weight excluding hydrogens is 284 g/mol. The number of nitrogens with zero attached hydrogens (tertiary/aromatic N) is 1. The zero-order valence-corrected chi connectivity index (χ0v) is 12.7. The van der Waals surface area contributed by atoms with Crippen LogP contribution in [0.15, 0.2) is 29.2 Å². The molecule has 19 heavy (non-hydrogen) atoms. The molecule has 108 valence electrons. The Kier molecular flexibility index (Phi) is 5.80. The van der Waals surface area contributed by atoms with E-state index in [1.807, 2.05) is 12.1 Å². The Hall–Kier alpha value is -0.620. The Morgan fingerprint density at radius 1 is 1.32 bits per heavy atom. The van der Waals surface area contributed by atoms with E-state index in [9.17, 15) is 8.42 Å². The van der Waals surface area contributed by atoms with E-state index in [1.165, 1.54) is 6.26 Å². The average molecular weight is 305 g/mol. The maximum absolute atomic E-state index is 11.4. The predicted molar refractivity (Wildman–Crippen MR) is 79.3 cm³/mol. The van der Waals surface area contributed by atoms with Gasteiger partial charge in [0.15, 0.2) is 9.84 Å². The standard InChI is InChI=1S/C13H20N2O2S.ClH/c1-18(16,17)13-6-4-11(5-7-13)9-15-8-2-3-12(14)10-15;/h4-7,12H,2-3,8-10,14H2,1H3;1H/t12-;/m1./s1. The van der Waals surface area contributed by atoms with Crippen LogP contribution in [0.3, 0.4) is 0 Å². The van der Waals surface area contributed by atoms with Crippen molar-refractivity contribution in [3.63, 3.8) is 0 Å². The van der Waals surface area contributed by atoms with E-state index < -0.39 is 9.84 Å². The molecule has 2 rings (SSSR count). The molecule has 1 fully saturated rings. The summed E-state index contributed by atoms with van der Waals surface area (Å²) in [7, 11) is -3.10. The van der Waals surface area contributed by atoms with E-state index in [4.69, 9.17) is 5.73 Å². The van der Waals surface area contributed by atoms with E-state index in [0.29, 0.717) is 4.90 Å². The second-order valence-electron chi connectivity index (χ2n) is 5.05. The first-order valence-electron chi connectivity index (χ1n) is 6.22. The van der Waals surface area contributed by atoms with E-state index in [0.717, 1.165) is 38.0 Å². The molecule has 0 aromatic heterocycles. The van der Waals surface area contributed by atoms with Crippen molar-refractivity contribution in [2.24, 2.45) is 5.73 Å². The number of sulfone groups is 1. The monoisotopic (exact) mass is 304 g/mol. The molecule has 1 heterocycles. The predicted octanol–water partition coefficient (Wildman–Crippen LogP) is 1.43. The van der Waals surface area contributed by atoms with Gasteiger partial charge in [-0.1, -0.05) is 12.1 Å². The minimum atomic E-state index is -3.10. The van der Waals surface area contributed by atoms with Crippen molar-refractivity contribution in [1.82, 2.24) is 4.90 Å². The molecule has 1 saturated heterocycles. The van der Waals surface area contributed by atoms with Crippen LogP contribution in [0, 0.1) is 0 Å². The molecule has 0 unspecified atom stereocenters. The Balaban J connectivity index is 0.00000180. The molecule has 1 aromatic carbocycles. The Morgan fingerprint density at radius 2 is 1.95 bits per heavy atom. The van der Waals surface area contributed by atoms with Gasteiger partial charge in [0.05, 0.1) is 4.90 Å². The largest absolute Gasteiger partial charge is 0.327 e. The van der Waals surface area contributed by atoms with Crippen molar-refractivity contribution in [3.8, 4) is 0 Å². The Bertz CT molecular complexity index is 502. The van der Waals surface area contributed by atoms with Gasteiger partial charge in [-0.05, 0) is 37.1 Å². The molecule has 1 atom stereocenters. The topological polar surface area (TPSA) is 63.4 Å². The number of piperidine rings is 1. The highest BCUT2D eigenvalue weighted by molar-refractivity contribution is 7.90. The zero-order valence-electron chi connectivity index (χ0n) is 11.1. The molecule has 0 radical (unpaired) electrons. The summed E-state index contributed by atoms with van der Waals surface area (Å²) in [5, 5.41) is 0. The fourth-order valence-electron chi connectivity index (χ4n) is 2.34. The van der Waals surface area contributed by atoms with Crippen LogP contribution in [0.4, 0.5) is 0 Å². The van der Waals surface area contributed by atoms with Gasteiger partial charge in [-0.3, -0.25) is 4.90 Å². The molecular formula is C13H21ClN2O2S. The average Bonchev–Trinajstić information content (AvgIpc) is 2.28. The lowest BCUT2D eigenvalue weighted by molar-refractivity contribution is 0.201. The molecule has 0 amide bonds. The van der Waals surface area contributed by atoms with Crippen LogP contribution in [0.2, 0.25) is 0 Å². The molecule has 6 heteroatoms. The molecule has 1 aliphatic rings. The summed E-state index contributed by atoms with van der Waals surface area (Å²) in [5.74, 6) is 0. The fourth-order valence-corrected chi connectivity index (χ4v) is 2.97. The number of halogens is 1. The van der Waals surface area contributed by atoms with Gasteiger partial charge in [-0.15, -0.1) is 12.4 Å². The third-order valence-electron chi connectivity index (χ3n) is 3.30. The van der Waals surface area contributed by atoms with Gasteiger partial charge in [0.1, 0.15) is 0 Å². The number of hydrogen-bond acceptors (Lipinski definition) is 4. The summed E-state index contributed by atoms with van der Waals surface area (Å²) in [6, 6.07) is 7.39. The normalized spacial score (nSPS) is 20.8. The molecule has 1 aliphatic heterocycles. The van der Waals surface area contributed by atoms with E-state index in [2.05, 4.69) is 4.90 Å². The van der Waals surface area contributed by atoms with E-state index in [-0.39, 0.29) is 18.4 Å². The summed E-state index contributed by atoms with van der Waals surface area (Å²) >= 11 is 0. The molecule has 2 N–H and O–H groups in total. The van der Waals surface area contributed by atoms with Crippen molar-refractivity contribution in [2.45, 2.75) is 30.3 Å². The first-order valence-corrected chi connectivity index (χ1v) is 8.11. The third-order valence-corrected chi connectivity index (χ3v) is 4.43. The van der Waals surface area contributed by atoms with Gasteiger partial charge in [-0.2, -0.15) is 0 Å². The number of rotatable bonds is 3. The number of hydrogen-bond donors (Lipinski definition) is 1. The molecule has 0 saturated carbocycles. The third kappa shape index (κ3) is 4.76. The molecule has 0 bridgehead atoms. The highest BCUT2D eigenvalue weighted by Crippen LogP contribution is 2.15. The van der Waals surface area contributed by atoms with Crippen molar-refractivity contribution < 1.29 is 8.42 Å². The van der Waals surface area contributed by atoms with Crippen LogP contribution < -0.4 is 5.73 Å². The van der Waals surface area contributed by atoms with Gasteiger partial charge < -0.3 is 5.73 Å². The van der Waals surface area contributed by atoms with Crippen LogP contribution in [0.25, 0.3) is 0 Å². The lowest BCUT2D eigenvalue weighted by Gasteiger charge is -2.30. The van der Waals surface area contributed by atoms with E-state index in [1.54, 1.807) is 12.1 Å². The highest BCUT2D eigenvalue weighted by atomic mass is 35.5. The summed E-state index contributed by atoms with van der Waals surface area (Å²) in [6.07, 6.45) is 3.47. The summed E-state index contributed by atoms with van der Waals surface area (Å²) in [6.45, 7) is 2.84. The summed E-state index contributed by atoms with van der Waals surface area (Å²) in [4.78, 5) is 2.70. The highest BCUT2D eigenvalue weighted by Gasteiger charge is 2.16. The van der Waals surface area contributed by atoms with Gasteiger partial charge in [-0.25, -0.2) is 8.42 Å². The maximum Gasteiger partial charge on any atom is 0.175 e. The quantitative estimate of drug-likeness (QED) is 0.918. The Labute approximate surface area is 121 Å². The lowest BCUT2D eigenvalue weighted by Crippen LogP contribution is -2.42. The molecule has 1 aromatic rings. The second-order valence-corrected chi connectivity index (χ2v) is 7.07. The fraction of sp³-hybridized carbons (Fsp3) is 0.538. The number of likely N-dealkylation sites (tertiary alicyclic amines) is 1. The van der Waals surface area contributed by atoms with Crippen LogP contribution in [-0.4, -0.2) is 38.7 Å². The molecule has 0 aliphatic carbocycles. The van der Waals surface area contributed by atoms with Gasteiger partial charge in [0, 0.05) is 25.4 Å². The van der Waals surface area contributed by atoms with Crippen LogP contribution in [-0.2, 0) is 16.4 Å². The van der Waals surface area contributed by atoms with Crippen molar-refractivity contribution in [1.29, 1.82) is 0 Å². The summed E-state index contributed by atoms with van der Waals surface area (Å²) < 4.78 is 22.7. The minimum Gasteiger partial charge on any atom is -0.327 e. The Morgan fingerprint density at radius 3 is 2.47 bits per heavy atom. The van der Waals surface area contributed by atoms with Crippen LogP contribution in [0.5, 0.6) is 0 Å². The number of nitrogens with two attached hydrogens (primary N) is 1. The molecule has 4 nitrogen and oxygen atoms in total. The smallest absolute Gasteiger partial charge is 0.175 e. The van der Waals surface area contributed by atoms with Crippen LogP contribution in [0.1, 0.15) is 18.4 Å². The van der Waals surface area contributed by atoms with E-state index >= 15 is 0 Å². The minimum absolute atomic E-state index is 0. The van der Waals surface area contributed by atoms with Crippen molar-refractivity contribution in [2.75, 3.05) is 19.3 Å². The number of benzene rings is 1. The zero-order chi connectivity index (χ0) is 13.2. The van der Waals surface area contributed by atoms with Crippen molar-refractivity contribution in [3.05, 3.63) is 29.8 Å². The molecule has 0 spiro atoms. The first-order chi connectivity index (χ1) is 8.45. The van der Waals surface area contributed by atoms with Gasteiger partial charge >= 0.3 is 0 Å². The summed E-state index contributed by atoms with van der Waals surface area (Å²) in [5.41, 5.74) is 7.07. The van der Waals surface area contributed by atoms with Gasteiger partial charge in [0.25, 0.3) is 0 Å². The van der Waals surface area contributed by atoms with Gasteiger partial charge in [0.2, 0.25) is 0 Å². The van der Waals surface area contributed by atoms with Crippen molar-refractivity contribution >= 4 is 22.2 Å². The maximum atomic E-state index is 11.4. The lowest BCUT2D eigenvalue weighted by atomic mass is 10.1. The van der Waals surface area contributed by atoms with Crippen LogP contribution >= 0.6 is 12.4 Å². The first kappa shape index (κ1) is 16.4. The SMILES string of the molecule is CS(=O)(=O)c1ccc(CN2CCC[C@@H](N)C2)cc1.Cl. The second kappa shape index (κ2) is 6.70.